The first-order valence-corrected chi connectivity index (χ1v) is 19.0. The second-order valence-electron chi connectivity index (χ2n) is 16.0. The second kappa shape index (κ2) is 50.3. The smallest absolute Gasteiger partial charge is 0.0695 e. The van der Waals surface area contributed by atoms with E-state index in [9.17, 15) is 0 Å². The summed E-state index contributed by atoms with van der Waals surface area (Å²) in [5.41, 5.74) is 4.72. The molecule has 5 heteroatoms. The molecule has 49 heavy (non-hydrogen) atoms. The molecular weight excluding hydrogens is 601 g/mol. The predicted molar refractivity (Wildman–Crippen MR) is 233 cm³/mol. The fraction of sp³-hybridized carbons (Fsp3) is 0.750. The molecule has 1 saturated heterocycles. The average Bonchev–Trinajstić information content (AvgIpc) is 3.83. The van der Waals surface area contributed by atoms with Crippen molar-refractivity contribution in [1.82, 2.24) is 10.5 Å². The van der Waals surface area contributed by atoms with Crippen molar-refractivity contribution in [2.45, 2.75) is 179 Å². The highest BCUT2D eigenvalue weighted by atomic mass is 16.6. The molecule has 5 nitrogen and oxygen atoms in total. The van der Waals surface area contributed by atoms with E-state index in [0.29, 0.717) is 21.7 Å². The van der Waals surface area contributed by atoms with Gasteiger partial charge in [0, 0.05) is 44.0 Å². The molecule has 3 aliphatic rings. The molecule has 296 valence electrons. The van der Waals surface area contributed by atoms with Crippen LogP contribution in [0.5, 0.6) is 0 Å². The standard InChI is InChI=1S/C5H5N.4C5H12.2C4H5N.C3H7NO.4C2H6/c1-2-4-6-5-3-1;4*1-5(2,3)4;3*1-2-4-5-3-1;4*1-2/h1-5H;4*1-4H3;1,3-4H,2H2;1-3H,4H2;4H,1-3H2;4*1-2H3. The first-order valence-electron chi connectivity index (χ1n) is 19.0. The Morgan fingerprint density at radius 3 is 1.02 bits per heavy atom. The molecule has 0 atom stereocenters. The number of allylic oxidation sites excluding steroid dienone is 2. The summed E-state index contributed by atoms with van der Waals surface area (Å²) < 4.78 is 0. The molecule has 0 unspecified atom stereocenters. The summed E-state index contributed by atoms with van der Waals surface area (Å²) in [7, 11) is 0. The molecule has 3 aliphatic heterocycles. The van der Waals surface area contributed by atoms with E-state index in [1.54, 1.807) is 24.8 Å². The fourth-order valence-corrected chi connectivity index (χ4v) is 1.28. The van der Waals surface area contributed by atoms with Crippen LogP contribution in [0.15, 0.2) is 65.0 Å². The van der Waals surface area contributed by atoms with Crippen molar-refractivity contribution in [2.24, 2.45) is 31.6 Å². The van der Waals surface area contributed by atoms with Gasteiger partial charge in [0.15, 0.2) is 0 Å². The lowest BCUT2D eigenvalue weighted by atomic mass is 10.0. The number of nitrogens with one attached hydrogen (secondary N) is 1. The van der Waals surface area contributed by atoms with Gasteiger partial charge in [0.2, 0.25) is 0 Å². The van der Waals surface area contributed by atoms with Crippen molar-refractivity contribution >= 4 is 12.4 Å². The second-order valence-corrected chi connectivity index (χ2v) is 16.0. The van der Waals surface area contributed by atoms with Crippen LogP contribution in [0.25, 0.3) is 0 Å². The van der Waals surface area contributed by atoms with Crippen LogP contribution in [-0.2, 0) is 4.84 Å². The first kappa shape index (κ1) is 65.3. The number of nitrogens with zero attached hydrogens (tertiary/aromatic N) is 3. The summed E-state index contributed by atoms with van der Waals surface area (Å²) in [6, 6.07) is 5.72. The molecular formula is C44H94N4O. The molecule has 4 heterocycles. The molecule has 1 N–H and O–H groups in total. The molecule has 0 aliphatic carbocycles. The molecule has 0 bridgehead atoms. The van der Waals surface area contributed by atoms with Crippen LogP contribution >= 0.6 is 0 Å². The minimum atomic E-state index is 0.500. The maximum absolute atomic E-state index is 4.69. The van der Waals surface area contributed by atoms with Gasteiger partial charge in [-0.3, -0.25) is 15.0 Å². The van der Waals surface area contributed by atoms with Gasteiger partial charge in [0.25, 0.3) is 0 Å². The third-order valence-electron chi connectivity index (χ3n) is 2.27. The van der Waals surface area contributed by atoms with E-state index >= 15 is 0 Å². The van der Waals surface area contributed by atoms with Gasteiger partial charge in [-0.1, -0.05) is 184 Å². The highest BCUT2D eigenvalue weighted by Gasteiger charge is 1.97. The monoisotopic (exact) mass is 695 g/mol. The summed E-state index contributed by atoms with van der Waals surface area (Å²) in [5, 5.41) is 0. The molecule has 0 radical (unpaired) electrons. The van der Waals surface area contributed by atoms with Gasteiger partial charge in [0.1, 0.15) is 0 Å². The van der Waals surface area contributed by atoms with Crippen LogP contribution in [0, 0.1) is 21.7 Å². The van der Waals surface area contributed by atoms with E-state index in [4.69, 9.17) is 4.84 Å². The molecule has 0 saturated carbocycles. The highest BCUT2D eigenvalue weighted by molar-refractivity contribution is 5.73. The topological polar surface area (TPSA) is 58.9 Å². The molecule has 4 rings (SSSR count). The van der Waals surface area contributed by atoms with Crippen LogP contribution < -0.4 is 5.48 Å². The average molecular weight is 695 g/mol. The van der Waals surface area contributed by atoms with E-state index in [0.717, 1.165) is 26.1 Å². The van der Waals surface area contributed by atoms with E-state index < -0.39 is 0 Å². The third-order valence-corrected chi connectivity index (χ3v) is 2.27. The Morgan fingerprint density at radius 2 is 0.939 bits per heavy atom. The van der Waals surface area contributed by atoms with E-state index in [1.807, 2.05) is 98.0 Å². The Kier molecular flexibility index (Phi) is 67.0. The first-order chi connectivity index (χ1) is 22.5. The van der Waals surface area contributed by atoms with Crippen molar-refractivity contribution in [1.29, 1.82) is 0 Å². The lowest BCUT2D eigenvalue weighted by Crippen LogP contribution is -2.01. The van der Waals surface area contributed by atoms with Gasteiger partial charge < -0.3 is 4.84 Å². The Bertz CT molecular complexity index is 603. The van der Waals surface area contributed by atoms with Crippen LogP contribution in [0.2, 0.25) is 0 Å². The highest BCUT2D eigenvalue weighted by Crippen LogP contribution is 2.09. The predicted octanol–water partition coefficient (Wildman–Crippen LogP) is 14.9. The summed E-state index contributed by atoms with van der Waals surface area (Å²) in [4.78, 5) is 16.1. The van der Waals surface area contributed by atoms with Crippen molar-refractivity contribution in [3.8, 4) is 0 Å². The minimum absolute atomic E-state index is 0.500. The summed E-state index contributed by atoms with van der Waals surface area (Å²) >= 11 is 0. The Balaban J connectivity index is -0.0000000635. The van der Waals surface area contributed by atoms with Crippen LogP contribution in [0.1, 0.15) is 179 Å². The molecule has 0 amide bonds. The zero-order valence-electron chi connectivity index (χ0n) is 38.1. The maximum Gasteiger partial charge on any atom is 0.0695 e. The number of hydrogen-bond donors (Lipinski definition) is 1. The molecule has 1 aromatic heterocycles. The number of aliphatic imine (C=N–C) groups is 2. The SMILES string of the molecule is C1=CCN=C1.C1=CN=CC1.C1CNOC1.CC.CC.CC.CC.CC(C)(C)C.CC(C)(C)C.CC(C)(C)C.CC(C)(C)C.c1ccncc1. The lowest BCUT2D eigenvalue weighted by Gasteiger charge is -2.05. The number of rotatable bonds is 0. The molecule has 1 fully saturated rings. The maximum atomic E-state index is 4.69. The van der Waals surface area contributed by atoms with Crippen molar-refractivity contribution in [3.63, 3.8) is 0 Å². The number of hydrogen-bond acceptors (Lipinski definition) is 5. The van der Waals surface area contributed by atoms with Gasteiger partial charge in [-0.05, 0) is 46.3 Å². The largest absolute Gasteiger partial charge is 0.302 e. The Labute approximate surface area is 312 Å². The summed E-state index contributed by atoms with van der Waals surface area (Å²) in [6.45, 7) is 53.8. The molecule has 1 aromatic rings. The minimum Gasteiger partial charge on any atom is -0.302 e. The zero-order valence-corrected chi connectivity index (χ0v) is 38.1. The van der Waals surface area contributed by atoms with E-state index in [-0.39, 0.29) is 0 Å². The Morgan fingerprint density at radius 1 is 0.551 bits per heavy atom. The van der Waals surface area contributed by atoms with Gasteiger partial charge in [-0.25, -0.2) is 5.48 Å². The number of pyridine rings is 1. The number of hydroxylamine groups is 1. The normalized spacial score (nSPS) is 12.4. The van der Waals surface area contributed by atoms with Crippen molar-refractivity contribution in [3.05, 3.63) is 55.0 Å². The van der Waals surface area contributed by atoms with Gasteiger partial charge in [-0.15, -0.1) is 0 Å². The van der Waals surface area contributed by atoms with E-state index in [2.05, 4.69) is 131 Å². The number of aromatic nitrogens is 1. The zero-order chi connectivity index (χ0) is 40.8. The van der Waals surface area contributed by atoms with Crippen molar-refractivity contribution < 1.29 is 4.84 Å². The fourth-order valence-electron chi connectivity index (χ4n) is 1.28. The Hall–Kier alpha value is -2.11. The quantitative estimate of drug-likeness (QED) is 0.294. The van der Waals surface area contributed by atoms with Crippen LogP contribution in [-0.4, -0.2) is 37.1 Å². The van der Waals surface area contributed by atoms with Crippen LogP contribution in [0.3, 0.4) is 0 Å². The molecule has 0 spiro atoms. The third kappa shape index (κ3) is 248. The summed E-state index contributed by atoms with van der Waals surface area (Å²) in [6.07, 6.45) is 17.2. The van der Waals surface area contributed by atoms with E-state index in [1.165, 1.54) is 6.42 Å². The summed E-state index contributed by atoms with van der Waals surface area (Å²) in [5.74, 6) is 0. The van der Waals surface area contributed by atoms with Gasteiger partial charge >= 0.3 is 0 Å². The van der Waals surface area contributed by atoms with Gasteiger partial charge in [0.05, 0.1) is 13.2 Å². The van der Waals surface area contributed by atoms with Crippen LogP contribution in [0.4, 0.5) is 0 Å². The lowest BCUT2D eigenvalue weighted by molar-refractivity contribution is 0.103. The molecule has 0 aromatic carbocycles. The van der Waals surface area contributed by atoms with Gasteiger partial charge in [-0.2, -0.15) is 0 Å². The van der Waals surface area contributed by atoms with Crippen molar-refractivity contribution in [2.75, 3.05) is 19.7 Å².